The van der Waals surface area contributed by atoms with Gasteiger partial charge in [0, 0.05) is 36.1 Å². The highest BCUT2D eigenvalue weighted by Gasteiger charge is 2.50. The Kier molecular flexibility index (Phi) is 7.13. The summed E-state index contributed by atoms with van der Waals surface area (Å²) in [5, 5.41) is 27.6. The van der Waals surface area contributed by atoms with Gasteiger partial charge in [-0.05, 0) is 50.8 Å². The van der Waals surface area contributed by atoms with E-state index in [0.29, 0.717) is 24.5 Å². The van der Waals surface area contributed by atoms with Crippen molar-refractivity contribution in [3.8, 4) is 0 Å². The van der Waals surface area contributed by atoms with E-state index < -0.39 is 16.6 Å². The molecule has 3 rings (SSSR count). The van der Waals surface area contributed by atoms with Crippen LogP contribution >= 0.6 is 11.6 Å². The Labute approximate surface area is 195 Å². The van der Waals surface area contributed by atoms with Crippen molar-refractivity contribution < 1.29 is 19.8 Å². The standard InChI is InChI=1S/C24H36ClN3O4/c1-22(2)15-28(13-12-24(22,32)16-8-10-17(25)11-9-16)20(29)18-6-5-7-19(18)27-21(30)26-14-23(3,4)31/h8-11,18-19,31-32H,5-7,12-15H2,1-4H3,(H2,26,27,30)/t18-,19+,24-/m0/s1. The van der Waals surface area contributed by atoms with Crippen molar-refractivity contribution in [2.45, 2.75) is 70.6 Å². The molecule has 8 heteroatoms. The van der Waals surface area contributed by atoms with E-state index in [1.165, 1.54) is 0 Å². The smallest absolute Gasteiger partial charge is 0.315 e. The van der Waals surface area contributed by atoms with Gasteiger partial charge in [0.05, 0.1) is 17.1 Å². The molecule has 178 valence electrons. The molecule has 32 heavy (non-hydrogen) atoms. The number of hydrogen-bond acceptors (Lipinski definition) is 4. The number of hydrogen-bond donors (Lipinski definition) is 4. The summed E-state index contributed by atoms with van der Waals surface area (Å²) in [5.41, 5.74) is -1.80. The van der Waals surface area contributed by atoms with Crippen LogP contribution < -0.4 is 10.6 Å². The number of benzene rings is 1. The minimum atomic E-state index is -1.06. The molecule has 2 fully saturated rings. The van der Waals surface area contributed by atoms with E-state index in [1.54, 1.807) is 26.0 Å². The van der Waals surface area contributed by atoms with Crippen molar-refractivity contribution in [1.82, 2.24) is 15.5 Å². The fraction of sp³-hybridized carbons (Fsp3) is 0.667. The normalized spacial score (nSPS) is 27.8. The minimum absolute atomic E-state index is 0.0292. The summed E-state index contributed by atoms with van der Waals surface area (Å²) >= 11 is 6.01. The summed E-state index contributed by atoms with van der Waals surface area (Å²) in [7, 11) is 0. The van der Waals surface area contributed by atoms with Crippen LogP contribution in [0.3, 0.4) is 0 Å². The van der Waals surface area contributed by atoms with Gasteiger partial charge in [0.15, 0.2) is 0 Å². The molecule has 1 saturated heterocycles. The van der Waals surface area contributed by atoms with Crippen molar-refractivity contribution in [2.75, 3.05) is 19.6 Å². The van der Waals surface area contributed by atoms with Crippen LogP contribution in [0, 0.1) is 11.3 Å². The topological polar surface area (TPSA) is 102 Å². The van der Waals surface area contributed by atoms with Crippen molar-refractivity contribution in [3.63, 3.8) is 0 Å². The molecule has 3 atom stereocenters. The fourth-order valence-corrected chi connectivity index (χ4v) is 5.08. The molecule has 3 amide bonds. The average molecular weight is 466 g/mol. The number of amides is 3. The quantitative estimate of drug-likeness (QED) is 0.536. The van der Waals surface area contributed by atoms with Gasteiger partial charge in [0.2, 0.25) is 5.91 Å². The molecule has 4 N–H and O–H groups in total. The second-order valence-electron chi connectivity index (χ2n) is 10.5. The monoisotopic (exact) mass is 465 g/mol. The van der Waals surface area contributed by atoms with E-state index in [4.69, 9.17) is 11.6 Å². The second kappa shape index (κ2) is 9.20. The Hall–Kier alpha value is -1.83. The molecule has 2 aliphatic rings. The molecule has 1 aromatic rings. The first-order valence-corrected chi connectivity index (χ1v) is 11.7. The van der Waals surface area contributed by atoms with Crippen LogP contribution in [0.2, 0.25) is 5.02 Å². The first kappa shape index (κ1) is 24.8. The zero-order valence-corrected chi connectivity index (χ0v) is 20.2. The summed E-state index contributed by atoms with van der Waals surface area (Å²) in [5.74, 6) is -0.248. The molecular weight excluding hydrogens is 430 g/mol. The van der Waals surface area contributed by atoms with Crippen LogP contribution in [-0.2, 0) is 10.4 Å². The maximum Gasteiger partial charge on any atom is 0.315 e. The number of piperidine rings is 1. The Morgan fingerprint density at radius 2 is 1.88 bits per heavy atom. The third-order valence-corrected chi connectivity index (χ3v) is 7.17. The highest BCUT2D eigenvalue weighted by atomic mass is 35.5. The lowest BCUT2D eigenvalue weighted by molar-refractivity contribution is -0.156. The molecule has 0 spiro atoms. The van der Waals surface area contributed by atoms with Crippen molar-refractivity contribution in [2.24, 2.45) is 11.3 Å². The Bertz CT molecular complexity index is 837. The van der Waals surface area contributed by atoms with Gasteiger partial charge in [0.25, 0.3) is 0 Å². The summed E-state index contributed by atoms with van der Waals surface area (Å²) < 4.78 is 0. The van der Waals surface area contributed by atoms with E-state index in [0.717, 1.165) is 24.8 Å². The maximum atomic E-state index is 13.4. The van der Waals surface area contributed by atoms with E-state index in [9.17, 15) is 19.8 Å². The molecule has 1 heterocycles. The first-order chi connectivity index (χ1) is 14.8. The number of nitrogens with zero attached hydrogens (tertiary/aromatic N) is 1. The number of nitrogens with one attached hydrogen (secondary N) is 2. The first-order valence-electron chi connectivity index (χ1n) is 11.4. The number of carbonyl (C=O) groups is 2. The van der Waals surface area contributed by atoms with Crippen molar-refractivity contribution in [1.29, 1.82) is 0 Å². The molecule has 1 aliphatic heterocycles. The highest BCUT2D eigenvalue weighted by molar-refractivity contribution is 6.30. The Balaban J connectivity index is 1.65. The van der Waals surface area contributed by atoms with Gasteiger partial charge in [-0.1, -0.05) is 44.0 Å². The van der Waals surface area contributed by atoms with Crippen LogP contribution in [0.5, 0.6) is 0 Å². The second-order valence-corrected chi connectivity index (χ2v) is 11.0. The van der Waals surface area contributed by atoms with Crippen LogP contribution in [-0.4, -0.2) is 58.3 Å². The van der Waals surface area contributed by atoms with E-state index >= 15 is 0 Å². The zero-order valence-electron chi connectivity index (χ0n) is 19.4. The summed E-state index contributed by atoms with van der Waals surface area (Å²) in [6, 6.07) is 6.66. The Morgan fingerprint density at radius 1 is 1.22 bits per heavy atom. The molecule has 0 unspecified atom stereocenters. The Morgan fingerprint density at radius 3 is 2.47 bits per heavy atom. The van der Waals surface area contributed by atoms with Crippen molar-refractivity contribution >= 4 is 23.5 Å². The molecule has 7 nitrogen and oxygen atoms in total. The van der Waals surface area contributed by atoms with Gasteiger partial charge in [-0.2, -0.15) is 0 Å². The third kappa shape index (κ3) is 5.38. The van der Waals surface area contributed by atoms with Crippen LogP contribution in [0.15, 0.2) is 24.3 Å². The molecule has 1 aliphatic carbocycles. The molecule has 0 bridgehead atoms. The minimum Gasteiger partial charge on any atom is -0.389 e. The van der Waals surface area contributed by atoms with Gasteiger partial charge < -0.3 is 25.7 Å². The largest absolute Gasteiger partial charge is 0.389 e. The number of likely N-dealkylation sites (tertiary alicyclic amines) is 1. The molecule has 1 aromatic carbocycles. The van der Waals surface area contributed by atoms with E-state index in [-0.39, 0.29) is 30.4 Å². The zero-order chi connectivity index (χ0) is 23.7. The van der Waals surface area contributed by atoms with E-state index in [2.05, 4.69) is 10.6 Å². The summed E-state index contributed by atoms with van der Waals surface area (Å²) in [6.07, 6.45) is 2.79. The molecule has 0 aromatic heterocycles. The SMILES string of the molecule is CC(C)(O)CNC(=O)N[C@@H]1CCC[C@@H]1C(=O)N1CC[C@](O)(c2ccc(Cl)cc2)C(C)(C)C1. The van der Waals surface area contributed by atoms with Crippen LogP contribution in [0.1, 0.15) is 58.9 Å². The number of rotatable bonds is 5. The summed E-state index contributed by atoms with van der Waals surface area (Å²) in [4.78, 5) is 27.5. The molecule has 0 radical (unpaired) electrons. The fourth-order valence-electron chi connectivity index (χ4n) is 4.95. The van der Waals surface area contributed by atoms with Gasteiger partial charge in [-0.3, -0.25) is 4.79 Å². The lowest BCUT2D eigenvalue weighted by Gasteiger charge is -2.51. The summed E-state index contributed by atoms with van der Waals surface area (Å²) in [6.45, 7) is 8.23. The van der Waals surface area contributed by atoms with Crippen molar-refractivity contribution in [3.05, 3.63) is 34.9 Å². The third-order valence-electron chi connectivity index (χ3n) is 6.91. The average Bonchev–Trinajstić information content (AvgIpc) is 3.16. The predicted octanol–water partition coefficient (Wildman–Crippen LogP) is 3.02. The lowest BCUT2D eigenvalue weighted by Crippen LogP contribution is -2.58. The predicted molar refractivity (Wildman–Crippen MR) is 124 cm³/mol. The molecular formula is C24H36ClN3O4. The van der Waals surface area contributed by atoms with Gasteiger partial charge in [-0.15, -0.1) is 0 Å². The van der Waals surface area contributed by atoms with Gasteiger partial charge >= 0.3 is 6.03 Å². The molecule has 1 saturated carbocycles. The van der Waals surface area contributed by atoms with E-state index in [1.807, 2.05) is 30.9 Å². The number of halogens is 1. The highest BCUT2D eigenvalue weighted by Crippen LogP contribution is 2.46. The van der Waals surface area contributed by atoms with Gasteiger partial charge in [0.1, 0.15) is 0 Å². The number of carbonyl (C=O) groups excluding carboxylic acids is 2. The number of aliphatic hydroxyl groups is 2. The van der Waals surface area contributed by atoms with Crippen LogP contribution in [0.4, 0.5) is 4.79 Å². The van der Waals surface area contributed by atoms with Gasteiger partial charge in [-0.25, -0.2) is 4.79 Å². The lowest BCUT2D eigenvalue weighted by atomic mass is 9.66. The maximum absolute atomic E-state index is 13.4. The number of urea groups is 1. The van der Waals surface area contributed by atoms with Crippen LogP contribution in [0.25, 0.3) is 0 Å².